The molecule has 0 radical (unpaired) electrons. The molecule has 0 unspecified atom stereocenters. The van der Waals surface area contributed by atoms with Crippen LogP contribution in [0.3, 0.4) is 0 Å². The molecular formula is C9H11O3P. The molecule has 0 aromatic heterocycles. The highest BCUT2D eigenvalue weighted by molar-refractivity contribution is 7.42. The quantitative estimate of drug-likeness (QED) is 0.683. The molecule has 70 valence electrons. The number of benzene rings is 1. The van der Waals surface area contributed by atoms with Crippen molar-refractivity contribution in [2.24, 2.45) is 0 Å². The minimum atomic E-state index is -1.13. The summed E-state index contributed by atoms with van der Waals surface area (Å²) in [7, 11) is -1.13. The molecule has 1 aliphatic heterocycles. The largest absolute Gasteiger partial charge is 0.427 e. The van der Waals surface area contributed by atoms with Gasteiger partial charge >= 0.3 is 8.60 Å². The minimum Gasteiger partial charge on any atom is -0.427 e. The fraction of sp³-hybridized carbons (Fsp3) is 0.333. The van der Waals surface area contributed by atoms with Gasteiger partial charge in [-0.15, -0.1) is 0 Å². The van der Waals surface area contributed by atoms with Crippen molar-refractivity contribution in [2.75, 3.05) is 13.2 Å². The normalized spacial score (nSPS) is 17.6. The van der Waals surface area contributed by atoms with Gasteiger partial charge in [-0.2, -0.15) is 0 Å². The standard InChI is InChI=1S/C9H11O3P/c1-8-2-4-9(5-3-8)12-13-10-6-7-11-13/h2-5H,6-7H2,1H3. The maximum atomic E-state index is 5.45. The predicted octanol–water partition coefficient (Wildman–Crippen LogP) is 2.65. The third-order valence-corrected chi connectivity index (χ3v) is 2.82. The van der Waals surface area contributed by atoms with Gasteiger partial charge in [0.15, 0.2) is 0 Å². The first-order chi connectivity index (χ1) is 6.34. The van der Waals surface area contributed by atoms with Crippen molar-refractivity contribution >= 4 is 8.60 Å². The molecule has 13 heavy (non-hydrogen) atoms. The Morgan fingerprint density at radius 1 is 1.15 bits per heavy atom. The number of rotatable bonds is 2. The van der Waals surface area contributed by atoms with Crippen molar-refractivity contribution in [3.63, 3.8) is 0 Å². The summed E-state index contributed by atoms with van der Waals surface area (Å²) >= 11 is 0. The molecule has 1 heterocycles. The van der Waals surface area contributed by atoms with Crippen LogP contribution in [0.25, 0.3) is 0 Å². The van der Waals surface area contributed by atoms with Gasteiger partial charge in [0.25, 0.3) is 0 Å². The Morgan fingerprint density at radius 3 is 2.38 bits per heavy atom. The smallest absolute Gasteiger partial charge is 0.397 e. The summed E-state index contributed by atoms with van der Waals surface area (Å²) in [5, 5.41) is 0. The van der Waals surface area contributed by atoms with E-state index in [-0.39, 0.29) is 0 Å². The van der Waals surface area contributed by atoms with E-state index in [2.05, 4.69) is 0 Å². The molecule has 2 rings (SSSR count). The third kappa shape index (κ3) is 2.41. The summed E-state index contributed by atoms with van der Waals surface area (Å²) in [5.41, 5.74) is 1.22. The highest BCUT2D eigenvalue weighted by Gasteiger charge is 2.20. The van der Waals surface area contributed by atoms with E-state index in [1.165, 1.54) is 5.56 Å². The average Bonchev–Trinajstić information content (AvgIpc) is 2.62. The van der Waals surface area contributed by atoms with Crippen LogP contribution in [0.1, 0.15) is 5.56 Å². The van der Waals surface area contributed by atoms with Crippen LogP contribution < -0.4 is 4.52 Å². The van der Waals surface area contributed by atoms with Crippen LogP contribution in [0.4, 0.5) is 0 Å². The molecule has 0 aliphatic carbocycles. The molecule has 0 amide bonds. The molecule has 0 saturated carbocycles. The molecule has 1 aromatic rings. The SMILES string of the molecule is Cc1ccc(OP2OCCO2)cc1. The maximum Gasteiger partial charge on any atom is 0.397 e. The lowest BCUT2D eigenvalue weighted by molar-refractivity contribution is 0.353. The van der Waals surface area contributed by atoms with Gasteiger partial charge in [0.05, 0.1) is 13.2 Å². The fourth-order valence-electron chi connectivity index (χ4n) is 0.999. The Labute approximate surface area is 78.6 Å². The van der Waals surface area contributed by atoms with Gasteiger partial charge in [-0.3, -0.25) is 0 Å². The van der Waals surface area contributed by atoms with Gasteiger partial charge < -0.3 is 13.6 Å². The zero-order valence-corrected chi connectivity index (χ0v) is 8.29. The Bertz CT molecular complexity index is 267. The van der Waals surface area contributed by atoms with Crippen molar-refractivity contribution < 1.29 is 13.6 Å². The first-order valence-corrected chi connectivity index (χ1v) is 5.25. The van der Waals surface area contributed by atoms with Crippen molar-refractivity contribution in [1.29, 1.82) is 0 Å². The second kappa shape index (κ2) is 4.05. The first-order valence-electron chi connectivity index (χ1n) is 4.15. The van der Waals surface area contributed by atoms with Crippen LogP contribution in [0.15, 0.2) is 24.3 Å². The van der Waals surface area contributed by atoms with Crippen LogP contribution in [-0.2, 0) is 9.05 Å². The van der Waals surface area contributed by atoms with E-state index in [1.54, 1.807) is 0 Å². The number of hydrogen-bond donors (Lipinski definition) is 0. The molecule has 0 N–H and O–H groups in total. The van der Waals surface area contributed by atoms with E-state index in [1.807, 2.05) is 31.2 Å². The van der Waals surface area contributed by atoms with Crippen LogP contribution in [-0.4, -0.2) is 13.2 Å². The van der Waals surface area contributed by atoms with Crippen LogP contribution in [0, 0.1) is 6.92 Å². The van der Waals surface area contributed by atoms with Gasteiger partial charge in [-0.25, -0.2) is 0 Å². The average molecular weight is 198 g/mol. The van der Waals surface area contributed by atoms with Crippen molar-refractivity contribution in [1.82, 2.24) is 0 Å². The second-order valence-electron chi connectivity index (χ2n) is 2.79. The van der Waals surface area contributed by atoms with Crippen molar-refractivity contribution in [3.8, 4) is 5.75 Å². The Balaban J connectivity index is 1.97. The van der Waals surface area contributed by atoms with E-state index in [0.29, 0.717) is 13.2 Å². The molecule has 3 nitrogen and oxygen atoms in total. The van der Waals surface area contributed by atoms with E-state index < -0.39 is 8.60 Å². The minimum absolute atomic E-state index is 0.636. The zero-order valence-electron chi connectivity index (χ0n) is 7.40. The van der Waals surface area contributed by atoms with E-state index >= 15 is 0 Å². The molecule has 1 aliphatic rings. The van der Waals surface area contributed by atoms with Gasteiger partial charge in [0.2, 0.25) is 0 Å². The topological polar surface area (TPSA) is 27.7 Å². The summed E-state index contributed by atoms with van der Waals surface area (Å²) in [5.74, 6) is 0.804. The molecule has 1 fully saturated rings. The van der Waals surface area contributed by atoms with Crippen LogP contribution in [0.2, 0.25) is 0 Å². The molecule has 1 saturated heterocycles. The van der Waals surface area contributed by atoms with Gasteiger partial charge in [0, 0.05) is 0 Å². The van der Waals surface area contributed by atoms with Crippen LogP contribution in [0.5, 0.6) is 5.75 Å². The number of aryl methyl sites for hydroxylation is 1. The van der Waals surface area contributed by atoms with Gasteiger partial charge in [-0.1, -0.05) is 17.7 Å². The zero-order chi connectivity index (χ0) is 9.10. The van der Waals surface area contributed by atoms with E-state index in [0.717, 1.165) is 5.75 Å². The van der Waals surface area contributed by atoms with E-state index in [9.17, 15) is 0 Å². The molecule has 0 bridgehead atoms. The van der Waals surface area contributed by atoms with Crippen molar-refractivity contribution in [3.05, 3.63) is 29.8 Å². The van der Waals surface area contributed by atoms with Crippen molar-refractivity contribution in [2.45, 2.75) is 6.92 Å². The lowest BCUT2D eigenvalue weighted by Gasteiger charge is -2.08. The third-order valence-electron chi connectivity index (χ3n) is 1.68. The Kier molecular flexibility index (Phi) is 2.79. The molecule has 4 heteroatoms. The van der Waals surface area contributed by atoms with Gasteiger partial charge in [0.1, 0.15) is 5.75 Å². The highest BCUT2D eigenvalue weighted by Crippen LogP contribution is 2.43. The summed E-state index contributed by atoms with van der Waals surface area (Å²) in [6, 6.07) is 7.84. The highest BCUT2D eigenvalue weighted by atomic mass is 31.2. The summed E-state index contributed by atoms with van der Waals surface area (Å²) in [4.78, 5) is 0. The monoisotopic (exact) mass is 198 g/mol. The van der Waals surface area contributed by atoms with Gasteiger partial charge in [-0.05, 0) is 19.1 Å². The van der Waals surface area contributed by atoms with Crippen LogP contribution >= 0.6 is 8.60 Å². The first kappa shape index (κ1) is 8.95. The molecule has 1 aromatic carbocycles. The summed E-state index contributed by atoms with van der Waals surface area (Å²) in [6.45, 7) is 3.31. The van der Waals surface area contributed by atoms with E-state index in [4.69, 9.17) is 13.6 Å². The Morgan fingerprint density at radius 2 is 1.77 bits per heavy atom. The lowest BCUT2D eigenvalue weighted by Crippen LogP contribution is -1.86. The molecule has 0 atom stereocenters. The second-order valence-corrected chi connectivity index (χ2v) is 3.94. The fourth-order valence-corrected chi connectivity index (χ4v) is 1.92. The lowest BCUT2D eigenvalue weighted by atomic mass is 10.2. The maximum absolute atomic E-state index is 5.45. The summed E-state index contributed by atoms with van der Waals surface area (Å²) in [6.07, 6.45) is 0. The molecule has 0 spiro atoms. The molecular weight excluding hydrogens is 187 g/mol. The Hall–Kier alpha value is -0.630. The summed E-state index contributed by atoms with van der Waals surface area (Å²) < 4.78 is 15.9. The predicted molar refractivity (Wildman–Crippen MR) is 50.6 cm³/mol. The number of hydrogen-bond acceptors (Lipinski definition) is 3.